The van der Waals surface area contributed by atoms with E-state index in [0.29, 0.717) is 37.7 Å². The SMILES string of the molecule is CSc1cccc(NC(=O)Nc2cc(C(F)(F)F)ccc2N2CCOCC2)c1. The molecular formula is C19H20F3N3O2S. The van der Waals surface area contributed by atoms with E-state index in [1.165, 1.54) is 17.8 Å². The minimum atomic E-state index is -4.50. The Balaban J connectivity index is 1.83. The predicted molar refractivity (Wildman–Crippen MR) is 105 cm³/mol. The summed E-state index contributed by atoms with van der Waals surface area (Å²) in [4.78, 5) is 15.3. The number of ether oxygens (including phenoxy) is 1. The van der Waals surface area contributed by atoms with Crippen molar-refractivity contribution in [3.63, 3.8) is 0 Å². The first-order chi connectivity index (χ1) is 13.4. The average Bonchev–Trinajstić information content (AvgIpc) is 2.68. The van der Waals surface area contributed by atoms with Gasteiger partial charge < -0.3 is 20.3 Å². The Kier molecular flexibility index (Phi) is 6.35. The Bertz CT molecular complexity index is 839. The zero-order valence-electron chi connectivity index (χ0n) is 15.2. The second-order valence-electron chi connectivity index (χ2n) is 6.14. The Labute approximate surface area is 165 Å². The summed E-state index contributed by atoms with van der Waals surface area (Å²) in [6.45, 7) is 2.04. The highest BCUT2D eigenvalue weighted by molar-refractivity contribution is 7.98. The van der Waals surface area contributed by atoms with Crippen LogP contribution in [-0.2, 0) is 10.9 Å². The normalized spacial score (nSPS) is 14.6. The largest absolute Gasteiger partial charge is 0.416 e. The molecule has 2 amide bonds. The van der Waals surface area contributed by atoms with Gasteiger partial charge in [-0.1, -0.05) is 6.07 Å². The maximum Gasteiger partial charge on any atom is 0.416 e. The summed E-state index contributed by atoms with van der Waals surface area (Å²) < 4.78 is 44.7. The number of morpholine rings is 1. The number of benzene rings is 2. The Hall–Kier alpha value is -2.39. The van der Waals surface area contributed by atoms with Crippen molar-refractivity contribution < 1.29 is 22.7 Å². The first kappa shape index (κ1) is 20.3. The number of anilines is 3. The van der Waals surface area contributed by atoms with Gasteiger partial charge in [0.25, 0.3) is 0 Å². The number of carbonyl (C=O) groups excluding carboxylic acids is 1. The summed E-state index contributed by atoms with van der Waals surface area (Å²) in [5.41, 5.74) is 0.382. The fourth-order valence-electron chi connectivity index (χ4n) is 2.88. The van der Waals surface area contributed by atoms with E-state index in [4.69, 9.17) is 4.74 Å². The number of hydrogen-bond donors (Lipinski definition) is 2. The molecule has 2 N–H and O–H groups in total. The highest BCUT2D eigenvalue weighted by atomic mass is 32.2. The van der Waals surface area contributed by atoms with Gasteiger partial charge in [-0.05, 0) is 42.7 Å². The number of rotatable bonds is 4. The van der Waals surface area contributed by atoms with E-state index in [9.17, 15) is 18.0 Å². The number of carbonyl (C=O) groups is 1. The van der Waals surface area contributed by atoms with Gasteiger partial charge in [-0.25, -0.2) is 4.79 Å². The number of amides is 2. The Morgan fingerprint density at radius 1 is 1.11 bits per heavy atom. The van der Waals surface area contributed by atoms with Gasteiger partial charge in [-0.2, -0.15) is 13.2 Å². The molecule has 9 heteroatoms. The first-order valence-electron chi connectivity index (χ1n) is 8.63. The molecule has 1 heterocycles. The van der Waals surface area contributed by atoms with Gasteiger partial charge in [0, 0.05) is 23.7 Å². The number of halogens is 3. The molecule has 1 aliphatic rings. The van der Waals surface area contributed by atoms with Crippen LogP contribution in [0, 0.1) is 0 Å². The maximum absolute atomic E-state index is 13.1. The molecule has 0 aromatic heterocycles. The van der Waals surface area contributed by atoms with Crippen LogP contribution in [0.3, 0.4) is 0 Å². The van der Waals surface area contributed by atoms with Crippen LogP contribution in [0.2, 0.25) is 0 Å². The van der Waals surface area contributed by atoms with E-state index >= 15 is 0 Å². The van der Waals surface area contributed by atoms with Crippen LogP contribution in [0.25, 0.3) is 0 Å². The third kappa shape index (κ3) is 5.11. The first-order valence-corrected chi connectivity index (χ1v) is 9.85. The monoisotopic (exact) mass is 411 g/mol. The van der Waals surface area contributed by atoms with E-state index in [0.717, 1.165) is 17.0 Å². The molecular weight excluding hydrogens is 391 g/mol. The van der Waals surface area contributed by atoms with Crippen molar-refractivity contribution in [1.82, 2.24) is 0 Å². The van der Waals surface area contributed by atoms with E-state index in [-0.39, 0.29) is 5.69 Å². The molecule has 0 aliphatic carbocycles. The van der Waals surface area contributed by atoms with Gasteiger partial charge in [-0.15, -0.1) is 11.8 Å². The van der Waals surface area contributed by atoms with E-state index in [1.807, 2.05) is 17.2 Å². The molecule has 150 valence electrons. The molecule has 0 saturated carbocycles. The minimum absolute atomic E-state index is 0.107. The van der Waals surface area contributed by atoms with Crippen LogP contribution in [0.15, 0.2) is 47.4 Å². The molecule has 0 atom stereocenters. The van der Waals surface area contributed by atoms with Crippen molar-refractivity contribution >= 4 is 34.9 Å². The fraction of sp³-hybridized carbons (Fsp3) is 0.316. The van der Waals surface area contributed by atoms with Crippen LogP contribution >= 0.6 is 11.8 Å². The van der Waals surface area contributed by atoms with Crippen LogP contribution in [0.4, 0.5) is 35.0 Å². The number of thioether (sulfide) groups is 1. The quantitative estimate of drug-likeness (QED) is 0.702. The van der Waals surface area contributed by atoms with Gasteiger partial charge in [-0.3, -0.25) is 0 Å². The second-order valence-corrected chi connectivity index (χ2v) is 7.02. The maximum atomic E-state index is 13.1. The summed E-state index contributed by atoms with van der Waals surface area (Å²) in [5, 5.41) is 5.23. The molecule has 0 unspecified atom stereocenters. The Morgan fingerprint density at radius 2 is 1.86 bits per heavy atom. The Morgan fingerprint density at radius 3 is 2.54 bits per heavy atom. The van der Waals surface area contributed by atoms with Gasteiger partial charge in [0.05, 0.1) is 30.2 Å². The van der Waals surface area contributed by atoms with Crippen LogP contribution < -0.4 is 15.5 Å². The summed E-state index contributed by atoms with van der Waals surface area (Å²) >= 11 is 1.52. The van der Waals surface area contributed by atoms with E-state index < -0.39 is 17.8 Å². The highest BCUT2D eigenvalue weighted by Gasteiger charge is 2.32. The zero-order chi connectivity index (χ0) is 20.1. The van der Waals surface area contributed by atoms with Crippen LogP contribution in [0.5, 0.6) is 0 Å². The number of hydrogen-bond acceptors (Lipinski definition) is 4. The van der Waals surface area contributed by atoms with Crippen molar-refractivity contribution in [2.75, 3.05) is 48.1 Å². The van der Waals surface area contributed by atoms with Crippen molar-refractivity contribution in [2.24, 2.45) is 0 Å². The second kappa shape index (κ2) is 8.74. The average molecular weight is 411 g/mol. The molecule has 2 aromatic carbocycles. The number of nitrogens with zero attached hydrogens (tertiary/aromatic N) is 1. The van der Waals surface area contributed by atoms with Crippen LogP contribution in [-0.4, -0.2) is 38.6 Å². The molecule has 1 aliphatic heterocycles. The fourth-order valence-corrected chi connectivity index (χ4v) is 3.34. The molecule has 5 nitrogen and oxygen atoms in total. The summed E-state index contributed by atoms with van der Waals surface area (Å²) in [7, 11) is 0. The minimum Gasteiger partial charge on any atom is -0.378 e. The zero-order valence-corrected chi connectivity index (χ0v) is 16.0. The molecule has 1 fully saturated rings. The molecule has 0 spiro atoms. The standard InChI is InChI=1S/C19H20F3N3O2S/c1-28-15-4-2-3-14(12-15)23-18(26)24-16-11-13(19(20,21)22)5-6-17(16)25-7-9-27-10-8-25/h2-6,11-12H,7-10H2,1H3,(H2,23,24,26). The molecule has 0 bridgehead atoms. The molecule has 3 rings (SSSR count). The van der Waals surface area contributed by atoms with E-state index in [1.54, 1.807) is 18.2 Å². The van der Waals surface area contributed by atoms with Gasteiger partial charge >= 0.3 is 12.2 Å². The van der Waals surface area contributed by atoms with Crippen molar-refractivity contribution in [1.29, 1.82) is 0 Å². The molecule has 2 aromatic rings. The smallest absolute Gasteiger partial charge is 0.378 e. The van der Waals surface area contributed by atoms with Gasteiger partial charge in [0.15, 0.2) is 0 Å². The molecule has 28 heavy (non-hydrogen) atoms. The van der Waals surface area contributed by atoms with Crippen molar-refractivity contribution in [3.05, 3.63) is 48.0 Å². The van der Waals surface area contributed by atoms with E-state index in [2.05, 4.69) is 10.6 Å². The van der Waals surface area contributed by atoms with Gasteiger partial charge in [0.1, 0.15) is 0 Å². The third-order valence-electron chi connectivity index (χ3n) is 4.25. The highest BCUT2D eigenvalue weighted by Crippen LogP contribution is 2.36. The third-order valence-corrected chi connectivity index (χ3v) is 4.98. The van der Waals surface area contributed by atoms with Crippen LogP contribution in [0.1, 0.15) is 5.56 Å². The molecule has 0 radical (unpaired) electrons. The van der Waals surface area contributed by atoms with Crippen molar-refractivity contribution in [2.45, 2.75) is 11.1 Å². The lowest BCUT2D eigenvalue weighted by Gasteiger charge is -2.31. The summed E-state index contributed by atoms with van der Waals surface area (Å²) in [6.07, 6.45) is -2.58. The lowest BCUT2D eigenvalue weighted by Crippen LogP contribution is -2.37. The molecule has 1 saturated heterocycles. The number of alkyl halides is 3. The lowest BCUT2D eigenvalue weighted by molar-refractivity contribution is -0.137. The number of urea groups is 1. The summed E-state index contributed by atoms with van der Waals surface area (Å²) in [6, 6.07) is 9.97. The number of nitrogens with one attached hydrogen (secondary N) is 2. The lowest BCUT2D eigenvalue weighted by atomic mass is 10.1. The predicted octanol–water partition coefficient (Wildman–Crippen LogP) is 4.91. The van der Waals surface area contributed by atoms with Crippen molar-refractivity contribution in [3.8, 4) is 0 Å². The summed E-state index contributed by atoms with van der Waals surface area (Å²) in [5.74, 6) is 0. The van der Waals surface area contributed by atoms with Gasteiger partial charge in [0.2, 0.25) is 0 Å². The topological polar surface area (TPSA) is 53.6 Å².